The topological polar surface area (TPSA) is 105 Å². The van der Waals surface area contributed by atoms with Gasteiger partial charge in [0.15, 0.2) is 0 Å². The molecule has 3 rings (SSSR count). The highest BCUT2D eigenvalue weighted by atomic mass is 32.2. The summed E-state index contributed by atoms with van der Waals surface area (Å²) in [5, 5.41) is 2.61. The predicted octanol–water partition coefficient (Wildman–Crippen LogP) is 2.64. The summed E-state index contributed by atoms with van der Waals surface area (Å²) in [7, 11) is -3.94. The number of sulfonamides is 1. The first-order valence-corrected chi connectivity index (χ1v) is 12.0. The third kappa shape index (κ3) is 5.32. The number of rotatable bonds is 6. The van der Waals surface area contributed by atoms with E-state index in [1.807, 2.05) is 6.26 Å². The van der Waals surface area contributed by atoms with Crippen molar-refractivity contribution in [1.82, 2.24) is 4.90 Å². The molecular formula is C20H23N3O5S2. The van der Waals surface area contributed by atoms with Gasteiger partial charge in [-0.05, 0) is 42.7 Å². The van der Waals surface area contributed by atoms with Gasteiger partial charge in [0.2, 0.25) is 5.91 Å². The molecule has 1 aliphatic heterocycles. The zero-order chi connectivity index (χ0) is 21.7. The Morgan fingerprint density at radius 2 is 1.77 bits per heavy atom. The molecule has 2 aromatic carbocycles. The van der Waals surface area contributed by atoms with Crippen LogP contribution >= 0.6 is 11.8 Å². The Kier molecular flexibility index (Phi) is 7.01. The number of nitrogens with zero attached hydrogens (tertiary/aromatic N) is 1. The average Bonchev–Trinajstić information content (AvgIpc) is 2.73. The van der Waals surface area contributed by atoms with E-state index in [1.165, 1.54) is 36.9 Å². The van der Waals surface area contributed by atoms with Gasteiger partial charge in [-0.2, -0.15) is 0 Å². The zero-order valence-corrected chi connectivity index (χ0v) is 18.3. The molecule has 0 aliphatic carbocycles. The van der Waals surface area contributed by atoms with Crippen LogP contribution in [-0.4, -0.2) is 57.7 Å². The SMILES string of the molecule is CSc1ccc(S(=O)(=O)Nc2cccc(NC(C)=O)c2)cc1C(=O)N1CCOCC1. The first kappa shape index (κ1) is 22.1. The second-order valence-corrected chi connectivity index (χ2v) is 9.16. The molecular weight excluding hydrogens is 426 g/mol. The molecule has 0 aromatic heterocycles. The van der Waals surface area contributed by atoms with Crippen LogP contribution in [0.4, 0.5) is 11.4 Å². The maximum Gasteiger partial charge on any atom is 0.261 e. The van der Waals surface area contributed by atoms with Crippen LogP contribution in [0.25, 0.3) is 0 Å². The number of amides is 2. The lowest BCUT2D eigenvalue weighted by molar-refractivity contribution is -0.114. The third-order valence-electron chi connectivity index (χ3n) is 4.45. The molecule has 160 valence electrons. The average molecular weight is 450 g/mol. The minimum Gasteiger partial charge on any atom is -0.378 e. The Hall–Kier alpha value is -2.56. The summed E-state index contributed by atoms with van der Waals surface area (Å²) < 4.78 is 33.7. The van der Waals surface area contributed by atoms with E-state index >= 15 is 0 Å². The highest BCUT2D eigenvalue weighted by Gasteiger charge is 2.24. The minimum atomic E-state index is -3.94. The van der Waals surface area contributed by atoms with Crippen molar-refractivity contribution < 1.29 is 22.7 Å². The molecule has 0 saturated carbocycles. The molecule has 1 fully saturated rings. The molecule has 0 spiro atoms. The number of thioether (sulfide) groups is 1. The van der Waals surface area contributed by atoms with Gasteiger partial charge in [0.1, 0.15) is 0 Å². The lowest BCUT2D eigenvalue weighted by Gasteiger charge is -2.27. The monoisotopic (exact) mass is 449 g/mol. The van der Waals surface area contributed by atoms with Crippen LogP contribution in [0.1, 0.15) is 17.3 Å². The smallest absolute Gasteiger partial charge is 0.261 e. The van der Waals surface area contributed by atoms with Crippen molar-refractivity contribution in [3.8, 4) is 0 Å². The van der Waals surface area contributed by atoms with Crippen LogP contribution in [0.2, 0.25) is 0 Å². The normalized spacial score (nSPS) is 14.3. The molecule has 10 heteroatoms. The van der Waals surface area contributed by atoms with Crippen LogP contribution in [-0.2, 0) is 19.6 Å². The second-order valence-electron chi connectivity index (χ2n) is 6.63. The Bertz CT molecular complexity index is 1050. The minimum absolute atomic E-state index is 0.0122. The maximum absolute atomic E-state index is 13.0. The number of carbonyl (C=O) groups excluding carboxylic acids is 2. The van der Waals surface area contributed by atoms with Crippen molar-refractivity contribution in [2.24, 2.45) is 0 Å². The molecule has 0 bridgehead atoms. The van der Waals surface area contributed by atoms with E-state index in [2.05, 4.69) is 10.0 Å². The number of hydrogen-bond acceptors (Lipinski definition) is 6. The molecule has 0 unspecified atom stereocenters. The standard InChI is InChI=1S/C20H23N3O5S2/c1-14(24)21-15-4-3-5-16(12-15)22-30(26,27)17-6-7-19(29-2)18(13-17)20(25)23-8-10-28-11-9-23/h3-7,12-13,22H,8-11H2,1-2H3,(H,21,24). The summed E-state index contributed by atoms with van der Waals surface area (Å²) in [6, 6.07) is 10.9. The van der Waals surface area contributed by atoms with Crippen molar-refractivity contribution in [3.63, 3.8) is 0 Å². The number of ether oxygens (including phenoxy) is 1. The van der Waals surface area contributed by atoms with Gasteiger partial charge in [0.05, 0.1) is 29.4 Å². The number of anilines is 2. The van der Waals surface area contributed by atoms with Gasteiger partial charge in [-0.15, -0.1) is 11.8 Å². The summed E-state index contributed by atoms with van der Waals surface area (Å²) >= 11 is 1.38. The molecule has 0 atom stereocenters. The van der Waals surface area contributed by atoms with Gasteiger partial charge in [0.25, 0.3) is 15.9 Å². The molecule has 30 heavy (non-hydrogen) atoms. The van der Waals surface area contributed by atoms with E-state index in [-0.39, 0.29) is 16.7 Å². The van der Waals surface area contributed by atoms with Crippen LogP contribution < -0.4 is 10.0 Å². The lowest BCUT2D eigenvalue weighted by Crippen LogP contribution is -2.40. The van der Waals surface area contributed by atoms with Gasteiger partial charge in [0, 0.05) is 30.6 Å². The Labute approximate surface area is 180 Å². The molecule has 2 aromatic rings. The number of morpholine rings is 1. The van der Waals surface area contributed by atoms with Crippen molar-refractivity contribution >= 4 is 45.0 Å². The largest absolute Gasteiger partial charge is 0.378 e. The van der Waals surface area contributed by atoms with Gasteiger partial charge >= 0.3 is 0 Å². The Balaban J connectivity index is 1.89. The van der Waals surface area contributed by atoms with E-state index in [0.29, 0.717) is 48.1 Å². The molecule has 1 heterocycles. The van der Waals surface area contributed by atoms with Crippen molar-refractivity contribution in [2.45, 2.75) is 16.7 Å². The highest BCUT2D eigenvalue weighted by Crippen LogP contribution is 2.27. The Morgan fingerprint density at radius 1 is 1.07 bits per heavy atom. The second kappa shape index (κ2) is 9.50. The van der Waals surface area contributed by atoms with Crippen LogP contribution in [0.15, 0.2) is 52.3 Å². The van der Waals surface area contributed by atoms with Gasteiger partial charge < -0.3 is 15.0 Å². The summed E-state index contributed by atoms with van der Waals surface area (Å²) in [6.07, 6.45) is 1.84. The number of benzene rings is 2. The summed E-state index contributed by atoms with van der Waals surface area (Å²) in [6.45, 7) is 3.24. The number of nitrogens with one attached hydrogen (secondary N) is 2. The number of carbonyl (C=O) groups is 2. The van der Waals surface area contributed by atoms with Crippen LogP contribution in [0.5, 0.6) is 0 Å². The maximum atomic E-state index is 13.0. The van der Waals surface area contributed by atoms with Crippen LogP contribution in [0.3, 0.4) is 0 Å². The van der Waals surface area contributed by atoms with E-state index in [1.54, 1.807) is 29.2 Å². The van der Waals surface area contributed by atoms with E-state index in [4.69, 9.17) is 4.74 Å². The Morgan fingerprint density at radius 3 is 2.43 bits per heavy atom. The zero-order valence-electron chi connectivity index (χ0n) is 16.7. The van der Waals surface area contributed by atoms with Gasteiger partial charge in [-0.25, -0.2) is 8.42 Å². The molecule has 8 nitrogen and oxygen atoms in total. The van der Waals surface area contributed by atoms with Gasteiger partial charge in [-0.1, -0.05) is 6.07 Å². The molecule has 1 aliphatic rings. The summed E-state index contributed by atoms with van der Waals surface area (Å²) in [5.41, 5.74) is 1.12. The van der Waals surface area contributed by atoms with Gasteiger partial charge in [-0.3, -0.25) is 14.3 Å². The van der Waals surface area contributed by atoms with E-state index in [0.717, 1.165) is 0 Å². The van der Waals surface area contributed by atoms with E-state index in [9.17, 15) is 18.0 Å². The number of hydrogen-bond donors (Lipinski definition) is 2. The summed E-state index contributed by atoms with van der Waals surface area (Å²) in [5.74, 6) is -0.471. The van der Waals surface area contributed by atoms with Crippen molar-refractivity contribution in [1.29, 1.82) is 0 Å². The fourth-order valence-electron chi connectivity index (χ4n) is 3.04. The highest BCUT2D eigenvalue weighted by molar-refractivity contribution is 7.98. The first-order chi connectivity index (χ1) is 14.3. The molecule has 2 amide bonds. The fraction of sp³-hybridized carbons (Fsp3) is 0.300. The molecule has 2 N–H and O–H groups in total. The van der Waals surface area contributed by atoms with Crippen LogP contribution in [0, 0.1) is 0 Å². The third-order valence-corrected chi connectivity index (χ3v) is 6.62. The predicted molar refractivity (Wildman–Crippen MR) is 116 cm³/mol. The van der Waals surface area contributed by atoms with Crippen molar-refractivity contribution in [2.75, 3.05) is 42.6 Å². The summed E-state index contributed by atoms with van der Waals surface area (Å²) in [4.78, 5) is 26.6. The van der Waals surface area contributed by atoms with Crippen molar-refractivity contribution in [3.05, 3.63) is 48.0 Å². The molecule has 1 saturated heterocycles. The quantitative estimate of drug-likeness (QED) is 0.657. The van der Waals surface area contributed by atoms with E-state index < -0.39 is 10.0 Å². The molecule has 0 radical (unpaired) electrons. The fourth-order valence-corrected chi connectivity index (χ4v) is 4.68. The first-order valence-electron chi connectivity index (χ1n) is 9.26. The lowest BCUT2D eigenvalue weighted by atomic mass is 10.2.